The third-order valence-corrected chi connectivity index (χ3v) is 2.84. The lowest BCUT2D eigenvalue weighted by atomic mass is 10.2. The van der Waals surface area contributed by atoms with Gasteiger partial charge in [-0.3, -0.25) is 10.1 Å². The number of thiocarbonyl (C=S) groups is 1. The van der Waals surface area contributed by atoms with E-state index in [0.29, 0.717) is 16.5 Å². The summed E-state index contributed by atoms with van der Waals surface area (Å²) in [4.78, 5) is 11.3. The van der Waals surface area contributed by atoms with E-state index < -0.39 is 5.91 Å². The molecule has 0 aliphatic carbocycles. The first-order chi connectivity index (χ1) is 9.56. The van der Waals surface area contributed by atoms with Gasteiger partial charge in [-0.2, -0.15) is 0 Å². The Labute approximate surface area is 126 Å². The monoisotopic (exact) mass is 306 g/mol. The second kappa shape index (κ2) is 6.36. The Morgan fingerprint density at radius 3 is 2.75 bits per heavy atom. The van der Waals surface area contributed by atoms with Crippen molar-refractivity contribution in [2.24, 2.45) is 5.73 Å². The number of rotatable bonds is 3. The molecule has 20 heavy (non-hydrogen) atoms. The number of furan rings is 1. The van der Waals surface area contributed by atoms with E-state index in [4.69, 9.17) is 21.8 Å². The molecular weight excluding hydrogens is 296 g/mol. The maximum atomic E-state index is 11.3. The number of benzene rings is 1. The second-order valence-corrected chi connectivity index (χ2v) is 4.72. The fraction of sp³-hybridized carbons (Fsp3) is 0. The molecular formula is C14H11ClN2O2S. The maximum Gasteiger partial charge on any atom is 0.250 e. The molecule has 6 heteroatoms. The normalized spacial score (nSPS) is 10.7. The Kier molecular flexibility index (Phi) is 4.55. The van der Waals surface area contributed by atoms with Gasteiger partial charge in [-0.05, 0) is 42.6 Å². The minimum Gasteiger partial charge on any atom is -0.457 e. The van der Waals surface area contributed by atoms with E-state index in [2.05, 4.69) is 17.5 Å². The van der Waals surface area contributed by atoms with Gasteiger partial charge < -0.3 is 10.2 Å². The largest absolute Gasteiger partial charge is 0.457 e. The molecule has 1 aromatic carbocycles. The molecule has 1 aromatic heterocycles. The van der Waals surface area contributed by atoms with Gasteiger partial charge >= 0.3 is 0 Å². The molecule has 0 aliphatic heterocycles. The van der Waals surface area contributed by atoms with E-state index in [1.54, 1.807) is 18.2 Å². The lowest BCUT2D eigenvalue weighted by Crippen LogP contribution is -2.33. The average Bonchev–Trinajstić information content (AvgIpc) is 2.85. The predicted octanol–water partition coefficient (Wildman–Crippen LogP) is 2.97. The topological polar surface area (TPSA) is 68.3 Å². The quantitative estimate of drug-likeness (QED) is 0.676. The molecule has 1 heterocycles. The summed E-state index contributed by atoms with van der Waals surface area (Å²) in [6.07, 6.45) is 2.81. The molecule has 102 valence electrons. The first-order valence-electron chi connectivity index (χ1n) is 5.69. The molecule has 2 rings (SSSR count). The number of carbonyl (C=O) groups excluding carboxylic acids is 1. The summed E-state index contributed by atoms with van der Waals surface area (Å²) in [7, 11) is 0. The summed E-state index contributed by atoms with van der Waals surface area (Å²) < 4.78 is 5.59. The smallest absolute Gasteiger partial charge is 0.250 e. The van der Waals surface area contributed by atoms with Crippen LogP contribution < -0.4 is 11.1 Å². The van der Waals surface area contributed by atoms with E-state index in [1.165, 1.54) is 12.2 Å². The summed E-state index contributed by atoms with van der Waals surface area (Å²) in [5.41, 5.74) is 5.98. The average molecular weight is 307 g/mol. The van der Waals surface area contributed by atoms with Gasteiger partial charge in [-0.15, -0.1) is 0 Å². The van der Waals surface area contributed by atoms with Crippen LogP contribution in [0.5, 0.6) is 0 Å². The van der Waals surface area contributed by atoms with Crippen molar-refractivity contribution in [3.63, 3.8) is 0 Å². The minimum atomic E-state index is -0.409. The molecule has 0 radical (unpaired) electrons. The third-order valence-electron chi connectivity index (χ3n) is 2.41. The molecule has 1 amide bonds. The summed E-state index contributed by atoms with van der Waals surface area (Å²) in [6.45, 7) is 0. The molecule has 3 N–H and O–H groups in total. The van der Waals surface area contributed by atoms with Crippen LogP contribution in [0.25, 0.3) is 17.4 Å². The third kappa shape index (κ3) is 3.69. The maximum absolute atomic E-state index is 11.3. The van der Waals surface area contributed by atoms with Gasteiger partial charge in [-0.25, -0.2) is 0 Å². The van der Waals surface area contributed by atoms with Crippen molar-refractivity contribution in [3.8, 4) is 11.3 Å². The van der Waals surface area contributed by atoms with Gasteiger partial charge in [0.1, 0.15) is 11.5 Å². The second-order valence-electron chi connectivity index (χ2n) is 3.87. The van der Waals surface area contributed by atoms with Crippen molar-refractivity contribution in [3.05, 3.63) is 53.3 Å². The Hall–Kier alpha value is -2.11. The fourth-order valence-electron chi connectivity index (χ4n) is 1.57. The minimum absolute atomic E-state index is 0.0733. The van der Waals surface area contributed by atoms with E-state index in [0.717, 1.165) is 5.56 Å². The highest BCUT2D eigenvalue weighted by Gasteiger charge is 2.06. The molecule has 4 nitrogen and oxygen atoms in total. The molecule has 2 aromatic rings. The zero-order valence-electron chi connectivity index (χ0n) is 10.3. The standard InChI is InChI=1S/C14H11ClN2O2S/c15-11-4-2-1-3-10(11)12-7-5-9(19-12)6-8-13(18)17-14(16)20/h1-8H,(H3,16,17,18,20)/b8-6+. The van der Waals surface area contributed by atoms with Crippen LogP contribution in [0.1, 0.15) is 5.76 Å². The summed E-state index contributed by atoms with van der Waals surface area (Å²) in [5, 5.41) is 2.81. The number of nitrogens with two attached hydrogens (primary N) is 1. The Morgan fingerprint density at radius 1 is 1.30 bits per heavy atom. The first kappa shape index (κ1) is 14.3. The van der Waals surface area contributed by atoms with Crippen molar-refractivity contribution >= 4 is 40.9 Å². The SMILES string of the molecule is NC(=S)NC(=O)/C=C/c1ccc(-c2ccccc2Cl)o1. The lowest BCUT2D eigenvalue weighted by molar-refractivity contribution is -0.115. The Morgan fingerprint density at radius 2 is 2.05 bits per heavy atom. The first-order valence-corrected chi connectivity index (χ1v) is 6.48. The van der Waals surface area contributed by atoms with Crippen LogP contribution in [-0.4, -0.2) is 11.0 Å². The highest BCUT2D eigenvalue weighted by Crippen LogP contribution is 2.29. The van der Waals surface area contributed by atoms with Crippen LogP contribution in [-0.2, 0) is 4.79 Å². The highest BCUT2D eigenvalue weighted by atomic mass is 35.5. The fourth-order valence-corrected chi connectivity index (χ4v) is 1.90. The number of nitrogens with one attached hydrogen (secondary N) is 1. The summed E-state index contributed by atoms with van der Waals surface area (Å²) in [5.74, 6) is 0.746. The van der Waals surface area contributed by atoms with E-state index >= 15 is 0 Å². The van der Waals surface area contributed by atoms with Crippen LogP contribution in [0, 0.1) is 0 Å². The summed E-state index contributed by atoms with van der Waals surface area (Å²) in [6, 6.07) is 10.9. The van der Waals surface area contributed by atoms with Crippen molar-refractivity contribution in [2.75, 3.05) is 0 Å². The molecule has 0 bridgehead atoms. The van der Waals surface area contributed by atoms with Gasteiger partial charge in [0.25, 0.3) is 0 Å². The van der Waals surface area contributed by atoms with E-state index in [1.807, 2.05) is 18.2 Å². The molecule has 0 atom stereocenters. The van der Waals surface area contributed by atoms with Gasteiger partial charge in [0.2, 0.25) is 5.91 Å². The zero-order chi connectivity index (χ0) is 14.5. The van der Waals surface area contributed by atoms with Gasteiger partial charge in [0, 0.05) is 11.6 Å². The van der Waals surface area contributed by atoms with Crippen molar-refractivity contribution in [2.45, 2.75) is 0 Å². The number of amides is 1. The molecule has 0 unspecified atom stereocenters. The van der Waals surface area contributed by atoms with Gasteiger partial charge in [0.05, 0.1) is 5.02 Å². The predicted molar refractivity (Wildman–Crippen MR) is 83.1 cm³/mol. The lowest BCUT2D eigenvalue weighted by Gasteiger charge is -1.99. The van der Waals surface area contributed by atoms with Crippen LogP contribution >= 0.6 is 23.8 Å². The van der Waals surface area contributed by atoms with Gasteiger partial charge in [0.15, 0.2) is 5.11 Å². The number of hydrogen-bond donors (Lipinski definition) is 2. The van der Waals surface area contributed by atoms with Crippen LogP contribution in [0.2, 0.25) is 5.02 Å². The highest BCUT2D eigenvalue weighted by molar-refractivity contribution is 7.80. The number of halogens is 1. The van der Waals surface area contributed by atoms with Crippen molar-refractivity contribution in [1.82, 2.24) is 5.32 Å². The molecule has 0 aliphatic rings. The van der Waals surface area contributed by atoms with Crippen molar-refractivity contribution in [1.29, 1.82) is 0 Å². The van der Waals surface area contributed by atoms with Crippen LogP contribution in [0.4, 0.5) is 0 Å². The van der Waals surface area contributed by atoms with E-state index in [9.17, 15) is 4.79 Å². The van der Waals surface area contributed by atoms with Crippen LogP contribution in [0.3, 0.4) is 0 Å². The van der Waals surface area contributed by atoms with Crippen molar-refractivity contribution < 1.29 is 9.21 Å². The molecule has 0 saturated heterocycles. The van der Waals surface area contributed by atoms with Crippen LogP contribution in [0.15, 0.2) is 46.9 Å². The number of carbonyl (C=O) groups is 1. The summed E-state index contributed by atoms with van der Waals surface area (Å²) >= 11 is 10.6. The zero-order valence-corrected chi connectivity index (χ0v) is 11.9. The van der Waals surface area contributed by atoms with Gasteiger partial charge in [-0.1, -0.05) is 23.7 Å². The molecule has 0 saturated carbocycles. The Balaban J connectivity index is 2.14. The van der Waals surface area contributed by atoms with E-state index in [-0.39, 0.29) is 5.11 Å². The molecule has 0 spiro atoms. The Bertz CT molecular complexity index is 679. The number of hydrogen-bond acceptors (Lipinski definition) is 3. The molecule has 0 fully saturated rings.